The standard InChI is InChI=1S/C32H62O2/c1-3-5-7-9-11-13-15-17-19-21-23-25-27-29-31-34-32(33)30-28-26-24-22-20-18-16-14-12-10-8-6-4-2/h13,15H,3-12,14,16-31H2,1-2H3/b15-13-. The van der Waals surface area contributed by atoms with Gasteiger partial charge in [-0.1, -0.05) is 148 Å². The van der Waals surface area contributed by atoms with Gasteiger partial charge in [-0.25, -0.2) is 0 Å². The zero-order valence-corrected chi connectivity index (χ0v) is 23.6. The van der Waals surface area contributed by atoms with Crippen molar-refractivity contribution in [3.63, 3.8) is 0 Å². The Hall–Kier alpha value is -0.790. The molecule has 0 aromatic carbocycles. The molecule has 0 spiro atoms. The van der Waals surface area contributed by atoms with Crippen molar-refractivity contribution >= 4 is 5.97 Å². The molecule has 0 fully saturated rings. The lowest BCUT2D eigenvalue weighted by Crippen LogP contribution is -2.05. The molecule has 0 radical (unpaired) electrons. The van der Waals surface area contributed by atoms with Gasteiger partial charge in [-0.05, 0) is 38.5 Å². The van der Waals surface area contributed by atoms with E-state index < -0.39 is 0 Å². The minimum Gasteiger partial charge on any atom is -0.466 e. The molecule has 202 valence electrons. The van der Waals surface area contributed by atoms with Crippen LogP contribution in [0.1, 0.15) is 181 Å². The predicted octanol–water partition coefficient (Wildman–Crippen LogP) is 11.3. The fourth-order valence-electron chi connectivity index (χ4n) is 4.54. The first-order chi connectivity index (χ1) is 16.8. The molecule has 0 unspecified atom stereocenters. The maximum absolute atomic E-state index is 11.8. The fourth-order valence-corrected chi connectivity index (χ4v) is 4.54. The monoisotopic (exact) mass is 478 g/mol. The Kier molecular flexibility index (Phi) is 29.5. The van der Waals surface area contributed by atoms with Crippen LogP contribution in [0.3, 0.4) is 0 Å². The van der Waals surface area contributed by atoms with E-state index in [1.807, 2.05) is 0 Å². The minimum absolute atomic E-state index is 0.0181. The van der Waals surface area contributed by atoms with Crippen LogP contribution in [0, 0.1) is 0 Å². The second-order valence-electron chi connectivity index (χ2n) is 10.4. The van der Waals surface area contributed by atoms with Crippen LogP contribution in [0.5, 0.6) is 0 Å². The van der Waals surface area contributed by atoms with Crippen molar-refractivity contribution in [3.8, 4) is 0 Å². The lowest BCUT2D eigenvalue weighted by molar-refractivity contribution is -0.143. The number of rotatable bonds is 28. The third-order valence-electron chi connectivity index (χ3n) is 6.90. The summed E-state index contributed by atoms with van der Waals surface area (Å²) in [6, 6.07) is 0. The van der Waals surface area contributed by atoms with Crippen molar-refractivity contribution in [2.45, 2.75) is 181 Å². The second kappa shape index (κ2) is 30.2. The normalized spacial score (nSPS) is 11.5. The maximum atomic E-state index is 11.8. The van der Waals surface area contributed by atoms with E-state index in [4.69, 9.17) is 4.74 Å². The Morgan fingerprint density at radius 3 is 1.29 bits per heavy atom. The molecule has 34 heavy (non-hydrogen) atoms. The molecular formula is C32H62O2. The Morgan fingerprint density at radius 2 is 0.824 bits per heavy atom. The predicted molar refractivity (Wildman–Crippen MR) is 151 cm³/mol. The highest BCUT2D eigenvalue weighted by Gasteiger charge is 2.02. The highest BCUT2D eigenvalue weighted by molar-refractivity contribution is 5.69. The van der Waals surface area contributed by atoms with E-state index in [0.717, 1.165) is 12.8 Å². The van der Waals surface area contributed by atoms with Gasteiger partial charge >= 0.3 is 5.97 Å². The van der Waals surface area contributed by atoms with Crippen molar-refractivity contribution in [1.82, 2.24) is 0 Å². The summed E-state index contributed by atoms with van der Waals surface area (Å²) < 4.78 is 5.41. The Bertz CT molecular complexity index is 415. The van der Waals surface area contributed by atoms with E-state index in [1.165, 1.54) is 148 Å². The largest absolute Gasteiger partial charge is 0.466 e. The highest BCUT2D eigenvalue weighted by atomic mass is 16.5. The van der Waals surface area contributed by atoms with Crippen LogP contribution in [0.25, 0.3) is 0 Å². The third kappa shape index (κ3) is 29.2. The van der Waals surface area contributed by atoms with Gasteiger partial charge in [-0.3, -0.25) is 4.79 Å². The first kappa shape index (κ1) is 33.2. The molecule has 0 N–H and O–H groups in total. The van der Waals surface area contributed by atoms with E-state index in [1.54, 1.807) is 0 Å². The van der Waals surface area contributed by atoms with E-state index in [-0.39, 0.29) is 5.97 Å². The first-order valence-corrected chi connectivity index (χ1v) is 15.6. The van der Waals surface area contributed by atoms with Crippen LogP contribution in [0.15, 0.2) is 12.2 Å². The van der Waals surface area contributed by atoms with Crippen LogP contribution < -0.4 is 0 Å². The summed E-state index contributed by atoms with van der Waals surface area (Å²) in [6.45, 7) is 5.17. The molecule has 0 aliphatic rings. The zero-order valence-electron chi connectivity index (χ0n) is 23.6. The molecule has 0 saturated carbocycles. The molecule has 0 aliphatic carbocycles. The summed E-state index contributed by atoms with van der Waals surface area (Å²) in [7, 11) is 0. The molecule has 0 aromatic heterocycles. The fraction of sp³-hybridized carbons (Fsp3) is 0.906. The van der Waals surface area contributed by atoms with Gasteiger partial charge in [0.25, 0.3) is 0 Å². The molecular weight excluding hydrogens is 416 g/mol. The molecule has 0 bridgehead atoms. The molecule has 0 rings (SSSR count). The maximum Gasteiger partial charge on any atom is 0.305 e. The summed E-state index contributed by atoms with van der Waals surface area (Å²) in [5.41, 5.74) is 0. The number of hydrogen-bond donors (Lipinski definition) is 0. The van der Waals surface area contributed by atoms with Gasteiger partial charge in [0.15, 0.2) is 0 Å². The highest BCUT2D eigenvalue weighted by Crippen LogP contribution is 2.13. The first-order valence-electron chi connectivity index (χ1n) is 15.6. The lowest BCUT2D eigenvalue weighted by atomic mass is 10.0. The number of unbranched alkanes of at least 4 members (excludes halogenated alkanes) is 22. The van der Waals surface area contributed by atoms with Crippen LogP contribution in [-0.4, -0.2) is 12.6 Å². The molecule has 0 aromatic rings. The summed E-state index contributed by atoms with van der Waals surface area (Å²) >= 11 is 0. The minimum atomic E-state index is 0.0181. The van der Waals surface area contributed by atoms with Crippen LogP contribution in [0.2, 0.25) is 0 Å². The van der Waals surface area contributed by atoms with Crippen molar-refractivity contribution < 1.29 is 9.53 Å². The molecule has 2 nitrogen and oxygen atoms in total. The number of carbonyl (C=O) groups excluding carboxylic acids is 1. The van der Waals surface area contributed by atoms with E-state index in [2.05, 4.69) is 26.0 Å². The van der Waals surface area contributed by atoms with Gasteiger partial charge < -0.3 is 4.74 Å². The van der Waals surface area contributed by atoms with Gasteiger partial charge in [0.2, 0.25) is 0 Å². The van der Waals surface area contributed by atoms with Crippen molar-refractivity contribution in [2.75, 3.05) is 6.61 Å². The molecule has 2 heteroatoms. The van der Waals surface area contributed by atoms with Crippen LogP contribution in [0.4, 0.5) is 0 Å². The topological polar surface area (TPSA) is 26.3 Å². The van der Waals surface area contributed by atoms with Gasteiger partial charge in [-0.15, -0.1) is 0 Å². The average molecular weight is 479 g/mol. The molecule has 0 atom stereocenters. The summed E-state index contributed by atoms with van der Waals surface area (Å²) in [6.07, 6.45) is 38.2. The molecule has 0 amide bonds. The van der Waals surface area contributed by atoms with Crippen molar-refractivity contribution in [2.24, 2.45) is 0 Å². The van der Waals surface area contributed by atoms with Crippen LogP contribution >= 0.6 is 0 Å². The quantitative estimate of drug-likeness (QED) is 0.0634. The Labute approximate surface area is 215 Å². The SMILES string of the molecule is CCCCCC/C=C\CCCCCCCCOC(=O)CCCCCCCCCCCCCCC. The second-order valence-corrected chi connectivity index (χ2v) is 10.4. The smallest absolute Gasteiger partial charge is 0.305 e. The van der Waals surface area contributed by atoms with Crippen LogP contribution in [-0.2, 0) is 9.53 Å². The summed E-state index contributed by atoms with van der Waals surface area (Å²) in [4.78, 5) is 11.8. The van der Waals surface area contributed by atoms with Crippen molar-refractivity contribution in [3.05, 3.63) is 12.2 Å². The Balaban J connectivity index is 3.18. The molecule has 0 aliphatic heterocycles. The molecule has 0 heterocycles. The van der Waals surface area contributed by atoms with Crippen molar-refractivity contribution in [1.29, 1.82) is 0 Å². The van der Waals surface area contributed by atoms with Gasteiger partial charge in [0, 0.05) is 6.42 Å². The zero-order chi connectivity index (χ0) is 24.8. The number of allylic oxidation sites excluding steroid dienone is 2. The van der Waals surface area contributed by atoms with E-state index in [9.17, 15) is 4.79 Å². The van der Waals surface area contributed by atoms with Gasteiger partial charge in [-0.2, -0.15) is 0 Å². The van der Waals surface area contributed by atoms with Gasteiger partial charge in [0.05, 0.1) is 6.61 Å². The van der Waals surface area contributed by atoms with E-state index >= 15 is 0 Å². The Morgan fingerprint density at radius 1 is 0.471 bits per heavy atom. The average Bonchev–Trinajstić information content (AvgIpc) is 2.84. The van der Waals surface area contributed by atoms with Gasteiger partial charge in [0.1, 0.15) is 0 Å². The number of carbonyl (C=O) groups is 1. The lowest BCUT2D eigenvalue weighted by Gasteiger charge is -2.05. The summed E-state index contributed by atoms with van der Waals surface area (Å²) in [5.74, 6) is 0.0181. The number of hydrogen-bond acceptors (Lipinski definition) is 2. The number of ether oxygens (including phenoxy) is 1. The van der Waals surface area contributed by atoms with E-state index in [0.29, 0.717) is 13.0 Å². The summed E-state index contributed by atoms with van der Waals surface area (Å²) in [5, 5.41) is 0. The molecule has 0 saturated heterocycles. The third-order valence-corrected chi connectivity index (χ3v) is 6.90. The number of esters is 1.